The van der Waals surface area contributed by atoms with Crippen LogP contribution in [0.1, 0.15) is 5.56 Å². The van der Waals surface area contributed by atoms with Crippen molar-refractivity contribution in [1.82, 2.24) is 0 Å². The monoisotopic (exact) mass is 329 g/mol. The molecule has 9 heteroatoms. The molecule has 0 amide bonds. The molecule has 1 unspecified atom stereocenters. The number of alkyl halides is 4. The Kier molecular flexibility index (Phi) is 5.06. The molecule has 0 saturated heterocycles. The van der Waals surface area contributed by atoms with Crippen LogP contribution >= 0.6 is 11.6 Å². The molecule has 0 radical (unpaired) electrons. The highest BCUT2D eigenvalue weighted by molar-refractivity contribution is 7.86. The Morgan fingerprint density at radius 1 is 1.30 bits per heavy atom. The summed E-state index contributed by atoms with van der Waals surface area (Å²) in [5.74, 6) is 0. The van der Waals surface area contributed by atoms with Gasteiger partial charge in [-0.15, -0.1) is 0 Å². The van der Waals surface area contributed by atoms with Gasteiger partial charge in [0.25, 0.3) is 0 Å². The van der Waals surface area contributed by atoms with E-state index in [-0.39, 0.29) is 5.50 Å². The molecule has 4 nitrogen and oxygen atoms in total. The van der Waals surface area contributed by atoms with Crippen LogP contribution < -0.4 is 4.90 Å². The van der Waals surface area contributed by atoms with E-state index in [1.807, 2.05) is 25.3 Å². The first kappa shape index (κ1) is 16.8. The average molecular weight is 330 g/mol. The van der Waals surface area contributed by atoms with Gasteiger partial charge in [-0.1, -0.05) is 35.9 Å². The highest BCUT2D eigenvalue weighted by Crippen LogP contribution is 2.28. The Hall–Kier alpha value is -1.25. The Labute approximate surface area is 119 Å². The fourth-order valence-electron chi connectivity index (χ4n) is 1.39. The smallest absolute Gasteiger partial charge is 0.355 e. The van der Waals surface area contributed by atoms with Crippen LogP contribution in [0.3, 0.4) is 0 Å². The maximum Gasteiger partial charge on any atom is 0.522 e. The number of hydrogen-bond acceptors (Lipinski definition) is 3. The lowest BCUT2D eigenvalue weighted by Gasteiger charge is -2.27. The van der Waals surface area contributed by atoms with Crippen molar-refractivity contribution in [3.63, 3.8) is 0 Å². The molecule has 0 spiro atoms. The molecule has 0 saturated carbocycles. The molecule has 1 aliphatic heterocycles. The van der Waals surface area contributed by atoms with E-state index in [0.717, 1.165) is 0 Å². The molecule has 1 aromatic rings. The number of fused-ring (bicyclic) bond motifs is 1. The molecule has 0 fully saturated rings. The lowest BCUT2D eigenvalue weighted by Crippen LogP contribution is -2.27. The summed E-state index contributed by atoms with van der Waals surface area (Å²) in [6.07, 6.45) is 4.05. The van der Waals surface area contributed by atoms with Gasteiger partial charge < -0.3 is 4.90 Å². The maximum atomic E-state index is 10.7. The Balaban J connectivity index is 0.000000221. The van der Waals surface area contributed by atoms with Crippen LogP contribution in [0.4, 0.5) is 18.9 Å². The van der Waals surface area contributed by atoms with Crippen LogP contribution in [-0.2, 0) is 10.1 Å². The summed E-state index contributed by atoms with van der Waals surface area (Å²) in [5, 5.41) is 0. The van der Waals surface area contributed by atoms with Crippen molar-refractivity contribution in [3.8, 4) is 0 Å². The van der Waals surface area contributed by atoms with Crippen molar-refractivity contribution in [2.24, 2.45) is 0 Å². The Morgan fingerprint density at radius 2 is 1.80 bits per heavy atom. The second-order valence-corrected chi connectivity index (χ2v) is 5.68. The third kappa shape index (κ3) is 4.12. The summed E-state index contributed by atoms with van der Waals surface area (Å²) in [6, 6.07) is 8.23. The van der Waals surface area contributed by atoms with Gasteiger partial charge in [0.05, 0.1) is 0 Å². The van der Waals surface area contributed by atoms with Gasteiger partial charge in [-0.25, -0.2) is 0 Å². The first-order valence-corrected chi connectivity index (χ1v) is 7.09. The van der Waals surface area contributed by atoms with Crippen molar-refractivity contribution < 1.29 is 26.1 Å². The van der Waals surface area contributed by atoms with Gasteiger partial charge in [-0.2, -0.15) is 21.6 Å². The number of halogens is 4. The quantitative estimate of drug-likeness (QED) is 0.344. The second-order valence-electron chi connectivity index (χ2n) is 3.82. The van der Waals surface area contributed by atoms with Crippen LogP contribution in [0.5, 0.6) is 0 Å². The fourth-order valence-corrected chi connectivity index (χ4v) is 1.57. The summed E-state index contributed by atoms with van der Waals surface area (Å²) in [4.78, 5) is 2.05. The zero-order valence-electron chi connectivity index (χ0n) is 10.2. The molecule has 20 heavy (non-hydrogen) atoms. The lowest BCUT2D eigenvalue weighted by molar-refractivity contribution is -0.0510. The molecule has 0 aromatic heterocycles. The molecule has 1 N–H and O–H groups in total. The van der Waals surface area contributed by atoms with Gasteiger partial charge in [0.1, 0.15) is 5.50 Å². The summed E-state index contributed by atoms with van der Waals surface area (Å²) in [5.41, 5.74) is -3.12. The van der Waals surface area contributed by atoms with Gasteiger partial charge in [-0.05, 0) is 17.7 Å². The molecule has 1 heterocycles. The summed E-state index contributed by atoms with van der Waals surface area (Å²) >= 11 is 6.03. The van der Waals surface area contributed by atoms with E-state index >= 15 is 0 Å². The number of para-hydroxylation sites is 1. The summed E-state index contributed by atoms with van der Waals surface area (Å²) in [6.45, 7) is 0. The molecule has 0 aliphatic carbocycles. The minimum atomic E-state index is -5.84. The Morgan fingerprint density at radius 3 is 2.30 bits per heavy atom. The van der Waals surface area contributed by atoms with Crippen molar-refractivity contribution in [2.75, 3.05) is 11.9 Å². The molecule has 112 valence electrons. The minimum Gasteiger partial charge on any atom is -0.355 e. The maximum absolute atomic E-state index is 10.7. The molecular weight excluding hydrogens is 319 g/mol. The van der Waals surface area contributed by atoms with Gasteiger partial charge in [-0.3, -0.25) is 4.55 Å². The average Bonchev–Trinajstić information content (AvgIpc) is 2.33. The highest BCUT2D eigenvalue weighted by atomic mass is 35.5. The van der Waals surface area contributed by atoms with E-state index in [1.54, 1.807) is 0 Å². The van der Waals surface area contributed by atoms with Crippen LogP contribution in [-0.4, -0.2) is 31.0 Å². The van der Waals surface area contributed by atoms with Crippen molar-refractivity contribution in [1.29, 1.82) is 0 Å². The largest absolute Gasteiger partial charge is 0.522 e. The first-order valence-electron chi connectivity index (χ1n) is 5.22. The number of benzene rings is 1. The van der Waals surface area contributed by atoms with Crippen LogP contribution in [0.2, 0.25) is 0 Å². The van der Waals surface area contributed by atoms with Gasteiger partial charge >= 0.3 is 15.6 Å². The topological polar surface area (TPSA) is 57.6 Å². The van der Waals surface area contributed by atoms with E-state index < -0.39 is 15.6 Å². The highest BCUT2D eigenvalue weighted by Gasteiger charge is 2.44. The Bertz CT molecular complexity index is 601. The van der Waals surface area contributed by atoms with Crippen molar-refractivity contribution in [2.45, 2.75) is 11.0 Å². The number of likely N-dealkylation sites (N-methyl/N-ethyl adjacent to an activating group) is 1. The fraction of sp³-hybridized carbons (Fsp3) is 0.273. The number of hydrogen-bond donors (Lipinski definition) is 1. The van der Waals surface area contributed by atoms with Crippen molar-refractivity contribution >= 4 is 33.5 Å². The van der Waals surface area contributed by atoms with E-state index in [1.165, 1.54) is 11.3 Å². The standard InChI is InChI=1S/C10H10ClN.CHF3O3S/c1-12-9-5-3-2-4-8(9)6-7-10(12)11;2-1(3,4)8(5,6)7/h2-7,10H,1H3;(H,5,6,7). The molecule has 1 aliphatic rings. The van der Waals surface area contributed by atoms with E-state index in [0.29, 0.717) is 0 Å². The first-order chi connectivity index (χ1) is 9.04. The lowest BCUT2D eigenvalue weighted by atomic mass is 10.1. The predicted octanol–water partition coefficient (Wildman–Crippen LogP) is 3.11. The number of rotatable bonds is 0. The third-order valence-corrected chi connectivity index (χ3v) is 3.44. The van der Waals surface area contributed by atoms with Gasteiger partial charge in [0.2, 0.25) is 0 Å². The summed E-state index contributed by atoms with van der Waals surface area (Å²) < 4.78 is 57.5. The molecule has 1 atom stereocenters. The van der Waals surface area contributed by atoms with Gasteiger partial charge in [0, 0.05) is 12.7 Å². The zero-order chi connectivity index (χ0) is 15.6. The second kappa shape index (κ2) is 6.02. The minimum absolute atomic E-state index is 0.0140. The van der Waals surface area contributed by atoms with Crippen LogP contribution in [0.25, 0.3) is 6.08 Å². The van der Waals surface area contributed by atoms with E-state index in [4.69, 9.17) is 24.6 Å². The van der Waals surface area contributed by atoms with E-state index in [2.05, 4.69) is 23.1 Å². The van der Waals surface area contributed by atoms with Gasteiger partial charge in [0.15, 0.2) is 0 Å². The molecule has 0 bridgehead atoms. The molecule has 1 aromatic carbocycles. The molecule has 2 rings (SSSR count). The predicted molar refractivity (Wildman–Crippen MR) is 71.1 cm³/mol. The molecular formula is C11H11ClF3NO3S. The number of nitrogens with zero attached hydrogens (tertiary/aromatic N) is 1. The van der Waals surface area contributed by atoms with Crippen molar-refractivity contribution in [3.05, 3.63) is 35.9 Å². The normalized spacial score (nSPS) is 18.1. The summed E-state index contributed by atoms with van der Waals surface area (Å²) in [7, 11) is -3.84. The van der Waals surface area contributed by atoms with Crippen LogP contribution in [0, 0.1) is 0 Å². The van der Waals surface area contributed by atoms with E-state index in [9.17, 15) is 13.2 Å². The number of anilines is 1. The SMILES string of the molecule is CN1c2ccccc2C=CC1Cl.O=S(=O)(O)C(F)(F)F. The zero-order valence-corrected chi connectivity index (χ0v) is 11.7. The van der Waals surface area contributed by atoms with Crippen LogP contribution in [0.15, 0.2) is 30.3 Å². The third-order valence-electron chi connectivity index (χ3n) is 2.41.